The summed E-state index contributed by atoms with van der Waals surface area (Å²) in [4.78, 5) is 51.9. The van der Waals surface area contributed by atoms with Gasteiger partial charge in [0.1, 0.15) is 11.6 Å². The van der Waals surface area contributed by atoms with E-state index < -0.39 is 35.1 Å². The molecule has 6 atom stereocenters. The first-order chi connectivity index (χ1) is 22.2. The normalized spacial score (nSPS) is 29.5. The van der Waals surface area contributed by atoms with Crippen molar-refractivity contribution >= 4 is 23.4 Å². The number of nitrogens with zero attached hydrogens (tertiary/aromatic N) is 4. The fraction of sp³-hybridized carbons (Fsp3) is 0.639. The van der Waals surface area contributed by atoms with E-state index in [9.17, 15) is 19.5 Å². The Morgan fingerprint density at radius 1 is 1.09 bits per heavy atom. The first kappa shape index (κ1) is 34.3. The molecule has 0 aliphatic carbocycles. The minimum atomic E-state index is -1.18. The minimum Gasteiger partial charge on any atom is -0.394 e. The predicted molar refractivity (Wildman–Crippen MR) is 177 cm³/mol. The molecule has 2 unspecified atom stereocenters. The van der Waals surface area contributed by atoms with Gasteiger partial charge in [-0.3, -0.25) is 19.3 Å². The van der Waals surface area contributed by atoms with Crippen molar-refractivity contribution in [3.8, 4) is 0 Å². The number of benzene rings is 1. The Morgan fingerprint density at radius 2 is 1.78 bits per heavy atom. The monoisotopic (exact) mass is 636 g/mol. The average molecular weight is 637 g/mol. The highest BCUT2D eigenvalue weighted by molar-refractivity contribution is 6.03. The second-order valence-electron chi connectivity index (χ2n) is 13.6. The number of carbonyl (C=O) groups excluding carboxylic acids is 3. The number of ether oxygens (including phenoxy) is 2. The molecule has 252 valence electrons. The molecule has 0 saturated carbocycles. The molecule has 4 aliphatic rings. The van der Waals surface area contributed by atoms with Crippen LogP contribution >= 0.6 is 0 Å². The maximum absolute atomic E-state index is 14.9. The number of morpholine rings is 1. The van der Waals surface area contributed by atoms with Crippen molar-refractivity contribution in [1.29, 1.82) is 0 Å². The Morgan fingerprint density at radius 3 is 2.39 bits per heavy atom. The summed E-state index contributed by atoms with van der Waals surface area (Å²) in [6.45, 7) is 18.3. The average Bonchev–Trinajstić information content (AvgIpc) is 3.68. The van der Waals surface area contributed by atoms with Crippen molar-refractivity contribution in [2.24, 2.45) is 17.8 Å². The van der Waals surface area contributed by atoms with E-state index in [0.717, 1.165) is 18.8 Å². The van der Waals surface area contributed by atoms with Crippen LogP contribution in [0.3, 0.4) is 0 Å². The SMILES string of the molecule is C=CCN(CCN1CCOCC1)C(=O)C1N([C@@H](CO)CC(C)C)C(=O)[C@@H]2[C@@H](C(=O)N(CC=C)c3ccccc3)[C@@]3(CC)CCC12O3. The smallest absolute Gasteiger partial charge is 0.248 e. The summed E-state index contributed by atoms with van der Waals surface area (Å²) in [5.74, 6) is -2.13. The Labute approximate surface area is 274 Å². The molecule has 4 saturated heterocycles. The molecule has 1 aromatic carbocycles. The molecular formula is C36H52N4O6. The molecule has 46 heavy (non-hydrogen) atoms. The molecule has 3 amide bonds. The van der Waals surface area contributed by atoms with Crippen LogP contribution in [0.1, 0.15) is 46.5 Å². The summed E-state index contributed by atoms with van der Waals surface area (Å²) in [7, 11) is 0. The van der Waals surface area contributed by atoms with E-state index in [4.69, 9.17) is 9.47 Å². The van der Waals surface area contributed by atoms with Gasteiger partial charge in [0, 0.05) is 45.0 Å². The first-order valence-electron chi connectivity index (χ1n) is 17.0. The zero-order chi connectivity index (χ0) is 33.1. The lowest BCUT2D eigenvalue weighted by atomic mass is 9.64. The van der Waals surface area contributed by atoms with Gasteiger partial charge in [0.15, 0.2) is 0 Å². The predicted octanol–water partition coefficient (Wildman–Crippen LogP) is 3.11. The highest BCUT2D eigenvalue weighted by Gasteiger charge is 2.79. The maximum atomic E-state index is 14.9. The van der Waals surface area contributed by atoms with Crippen molar-refractivity contribution in [2.75, 3.05) is 64.0 Å². The van der Waals surface area contributed by atoms with E-state index in [2.05, 4.69) is 18.1 Å². The number of likely N-dealkylation sites (tertiary alicyclic amines) is 1. The zero-order valence-corrected chi connectivity index (χ0v) is 27.8. The fourth-order valence-electron chi connectivity index (χ4n) is 8.46. The third-order valence-electron chi connectivity index (χ3n) is 10.6. The number of amides is 3. The topological polar surface area (TPSA) is 103 Å². The Hall–Kier alpha value is -3.05. The molecular weight excluding hydrogens is 584 g/mol. The number of fused-ring (bicyclic) bond motifs is 1. The van der Waals surface area contributed by atoms with Gasteiger partial charge in [-0.05, 0) is 43.7 Å². The molecule has 1 aromatic rings. The molecule has 4 aliphatic heterocycles. The Bertz CT molecular complexity index is 1270. The van der Waals surface area contributed by atoms with Gasteiger partial charge in [-0.1, -0.05) is 51.1 Å². The number of aliphatic hydroxyl groups excluding tert-OH is 1. The van der Waals surface area contributed by atoms with Gasteiger partial charge in [0.05, 0.1) is 43.3 Å². The van der Waals surface area contributed by atoms with Crippen molar-refractivity contribution in [1.82, 2.24) is 14.7 Å². The number of hydrogen-bond acceptors (Lipinski definition) is 7. The van der Waals surface area contributed by atoms with Gasteiger partial charge in [-0.15, -0.1) is 13.2 Å². The van der Waals surface area contributed by atoms with E-state index in [1.807, 2.05) is 51.1 Å². The third kappa shape index (κ3) is 6.05. The molecule has 1 N–H and O–H groups in total. The number of carbonyl (C=O) groups is 3. The molecule has 0 aromatic heterocycles. The molecule has 10 nitrogen and oxygen atoms in total. The van der Waals surface area contributed by atoms with Crippen LogP contribution in [0.2, 0.25) is 0 Å². The van der Waals surface area contributed by atoms with Gasteiger partial charge in [-0.2, -0.15) is 0 Å². The van der Waals surface area contributed by atoms with Gasteiger partial charge in [0.2, 0.25) is 17.7 Å². The van der Waals surface area contributed by atoms with Gasteiger partial charge in [-0.25, -0.2) is 0 Å². The zero-order valence-electron chi connectivity index (χ0n) is 27.8. The maximum Gasteiger partial charge on any atom is 0.248 e. The third-order valence-corrected chi connectivity index (χ3v) is 10.6. The highest BCUT2D eigenvalue weighted by Crippen LogP contribution is 2.65. The molecule has 10 heteroatoms. The minimum absolute atomic E-state index is 0.169. The van der Waals surface area contributed by atoms with E-state index in [1.165, 1.54) is 0 Å². The fourth-order valence-corrected chi connectivity index (χ4v) is 8.46. The van der Waals surface area contributed by atoms with Crippen LogP contribution in [0.15, 0.2) is 55.6 Å². The van der Waals surface area contributed by atoms with Gasteiger partial charge >= 0.3 is 0 Å². The van der Waals surface area contributed by atoms with E-state index >= 15 is 0 Å². The summed E-state index contributed by atoms with van der Waals surface area (Å²) >= 11 is 0. The van der Waals surface area contributed by atoms with Crippen LogP contribution in [0.25, 0.3) is 0 Å². The van der Waals surface area contributed by atoms with Crippen LogP contribution in [0.5, 0.6) is 0 Å². The standard InChI is InChI=1S/C36H52N4O6/c1-6-16-38(19-18-37-20-22-45-23-21-37)34(44)31-36-15-14-35(8-3,46-36)29(30(36)33(43)40(31)28(25-41)24-26(4)5)32(42)39(17-7-2)27-12-10-9-11-13-27/h6-7,9-13,26,28-31,41H,1-2,8,14-25H2,3-5H3/t28-,29+,30+,31?,35-,36?/m1/s1. The van der Waals surface area contributed by atoms with Crippen LogP contribution in [0, 0.1) is 17.8 Å². The van der Waals surface area contributed by atoms with Crippen molar-refractivity contribution in [2.45, 2.75) is 69.7 Å². The second kappa shape index (κ2) is 14.4. The summed E-state index contributed by atoms with van der Waals surface area (Å²) < 4.78 is 12.6. The van der Waals surface area contributed by atoms with Crippen LogP contribution < -0.4 is 4.90 Å². The van der Waals surface area contributed by atoms with E-state index in [1.54, 1.807) is 26.9 Å². The summed E-state index contributed by atoms with van der Waals surface area (Å²) in [5, 5.41) is 10.7. The van der Waals surface area contributed by atoms with Crippen molar-refractivity contribution < 1.29 is 29.0 Å². The number of aliphatic hydroxyl groups is 1. The second-order valence-corrected chi connectivity index (χ2v) is 13.6. The number of rotatable bonds is 15. The first-order valence-corrected chi connectivity index (χ1v) is 17.0. The lowest BCUT2D eigenvalue weighted by Crippen LogP contribution is -2.59. The highest BCUT2D eigenvalue weighted by atomic mass is 16.5. The Kier molecular flexibility index (Phi) is 10.7. The molecule has 0 radical (unpaired) electrons. The van der Waals surface area contributed by atoms with Crippen LogP contribution in [-0.4, -0.2) is 120 Å². The lowest BCUT2D eigenvalue weighted by molar-refractivity contribution is -0.156. The van der Waals surface area contributed by atoms with Crippen LogP contribution in [-0.2, 0) is 23.9 Å². The number of para-hydroxylation sites is 1. The Balaban J connectivity index is 1.57. The molecule has 4 fully saturated rings. The summed E-state index contributed by atoms with van der Waals surface area (Å²) in [6.07, 6.45) is 5.52. The molecule has 2 bridgehead atoms. The van der Waals surface area contributed by atoms with Gasteiger partial charge in [0.25, 0.3) is 0 Å². The van der Waals surface area contributed by atoms with Crippen LogP contribution in [0.4, 0.5) is 5.69 Å². The van der Waals surface area contributed by atoms with E-state index in [0.29, 0.717) is 58.5 Å². The lowest BCUT2D eigenvalue weighted by Gasteiger charge is -2.40. The molecule has 1 spiro atoms. The number of anilines is 1. The van der Waals surface area contributed by atoms with Crippen molar-refractivity contribution in [3.05, 3.63) is 55.6 Å². The summed E-state index contributed by atoms with van der Waals surface area (Å²) in [6, 6.07) is 7.88. The van der Waals surface area contributed by atoms with E-state index in [-0.39, 0.29) is 36.8 Å². The van der Waals surface area contributed by atoms with Gasteiger partial charge < -0.3 is 29.3 Å². The quantitative estimate of drug-likeness (QED) is 0.295. The molecule has 4 heterocycles. The number of hydrogen-bond donors (Lipinski definition) is 1. The largest absolute Gasteiger partial charge is 0.394 e. The summed E-state index contributed by atoms with van der Waals surface area (Å²) in [5.41, 5.74) is -1.33. The molecule has 5 rings (SSSR count). The van der Waals surface area contributed by atoms with Crippen molar-refractivity contribution in [3.63, 3.8) is 0 Å².